The van der Waals surface area contributed by atoms with Crippen molar-refractivity contribution in [1.82, 2.24) is 10.3 Å². The van der Waals surface area contributed by atoms with Crippen LogP contribution < -0.4 is 5.32 Å². The summed E-state index contributed by atoms with van der Waals surface area (Å²) in [7, 11) is 0. The lowest BCUT2D eigenvalue weighted by molar-refractivity contribution is -0.155. The molecule has 0 aliphatic rings. The number of aromatic nitrogens is 1. The van der Waals surface area contributed by atoms with Crippen molar-refractivity contribution < 1.29 is 19.1 Å². The number of carbonyl (C=O) groups is 2. The van der Waals surface area contributed by atoms with Gasteiger partial charge in [0.15, 0.2) is 0 Å². The Morgan fingerprint density at radius 1 is 1.03 bits per heavy atom. The number of fused-ring (bicyclic) bond motifs is 1. The number of rotatable bonds is 7. The zero-order chi connectivity index (χ0) is 23.1. The van der Waals surface area contributed by atoms with Gasteiger partial charge in [-0.25, -0.2) is 4.79 Å². The summed E-state index contributed by atoms with van der Waals surface area (Å²) in [5.41, 5.74) is 2.90. The molecule has 3 aromatic rings. The van der Waals surface area contributed by atoms with E-state index in [9.17, 15) is 9.59 Å². The molecule has 0 saturated heterocycles. The van der Waals surface area contributed by atoms with E-state index in [1.54, 1.807) is 0 Å². The predicted octanol–water partition coefficient (Wildman–Crippen LogP) is 5.63. The van der Waals surface area contributed by atoms with Gasteiger partial charge in [0.25, 0.3) is 0 Å². The fraction of sp³-hybridized carbons (Fsp3) is 0.346. The molecule has 1 N–H and O–H groups in total. The van der Waals surface area contributed by atoms with Crippen molar-refractivity contribution in [3.63, 3.8) is 0 Å². The summed E-state index contributed by atoms with van der Waals surface area (Å²) < 4.78 is 10.8. The van der Waals surface area contributed by atoms with Crippen LogP contribution in [0.25, 0.3) is 10.9 Å². The highest BCUT2D eigenvalue weighted by Gasteiger charge is 2.22. The van der Waals surface area contributed by atoms with Crippen LogP contribution in [0.5, 0.6) is 0 Å². The highest BCUT2D eigenvalue weighted by Crippen LogP contribution is 2.24. The van der Waals surface area contributed by atoms with Gasteiger partial charge in [-0.3, -0.25) is 9.78 Å². The second-order valence-corrected chi connectivity index (χ2v) is 8.76. The van der Waals surface area contributed by atoms with Crippen LogP contribution >= 0.6 is 0 Å². The van der Waals surface area contributed by atoms with Crippen molar-refractivity contribution in [3.05, 3.63) is 77.5 Å². The molecule has 0 bridgehead atoms. The number of carbonyl (C=O) groups excluding carboxylic acids is 2. The Hall–Kier alpha value is -3.41. The van der Waals surface area contributed by atoms with E-state index in [1.807, 2.05) is 88.4 Å². The van der Waals surface area contributed by atoms with Gasteiger partial charge in [-0.2, -0.15) is 0 Å². The van der Waals surface area contributed by atoms with Crippen LogP contribution in [0, 0.1) is 6.92 Å². The first kappa shape index (κ1) is 23.3. The van der Waals surface area contributed by atoms with Crippen molar-refractivity contribution in [2.75, 3.05) is 0 Å². The number of hydrogen-bond acceptors (Lipinski definition) is 5. The maximum absolute atomic E-state index is 12.5. The second-order valence-electron chi connectivity index (χ2n) is 8.76. The van der Waals surface area contributed by atoms with Crippen molar-refractivity contribution in [2.45, 2.75) is 58.8 Å². The van der Waals surface area contributed by atoms with Crippen molar-refractivity contribution in [1.29, 1.82) is 0 Å². The van der Waals surface area contributed by atoms with Crippen LogP contribution in [0.3, 0.4) is 0 Å². The first-order chi connectivity index (χ1) is 15.2. The smallest absolute Gasteiger partial charge is 0.408 e. The number of pyridine rings is 1. The molecule has 0 spiro atoms. The van der Waals surface area contributed by atoms with Gasteiger partial charge in [-0.15, -0.1) is 0 Å². The van der Waals surface area contributed by atoms with Gasteiger partial charge in [0.2, 0.25) is 0 Å². The average Bonchev–Trinajstić information content (AvgIpc) is 2.74. The predicted molar refractivity (Wildman–Crippen MR) is 124 cm³/mol. The maximum atomic E-state index is 12.5. The van der Waals surface area contributed by atoms with Gasteiger partial charge in [0, 0.05) is 11.8 Å². The van der Waals surface area contributed by atoms with Gasteiger partial charge in [0.05, 0.1) is 17.3 Å². The van der Waals surface area contributed by atoms with Crippen LogP contribution in [-0.4, -0.2) is 22.6 Å². The molecule has 168 valence electrons. The van der Waals surface area contributed by atoms with E-state index in [1.165, 1.54) is 0 Å². The molecule has 6 heteroatoms. The number of benzene rings is 2. The van der Waals surface area contributed by atoms with Crippen LogP contribution in [0.4, 0.5) is 4.79 Å². The number of nitrogens with zero attached hydrogens (tertiary/aromatic N) is 1. The quantitative estimate of drug-likeness (QED) is 0.488. The Kier molecular flexibility index (Phi) is 7.46. The molecule has 1 unspecified atom stereocenters. The Bertz CT molecular complexity index is 1070. The zero-order valence-electron chi connectivity index (χ0n) is 19.1. The summed E-state index contributed by atoms with van der Waals surface area (Å²) in [5, 5.41) is 3.93. The number of esters is 1. The third-order valence-electron chi connectivity index (χ3n) is 4.86. The number of amides is 1. The van der Waals surface area contributed by atoms with E-state index in [2.05, 4.69) is 5.32 Å². The number of ether oxygens (including phenoxy) is 2. The number of hydrogen-bond donors (Lipinski definition) is 1. The summed E-state index contributed by atoms with van der Waals surface area (Å²) in [4.78, 5) is 29.6. The third-order valence-corrected chi connectivity index (χ3v) is 4.86. The molecule has 0 saturated carbocycles. The van der Waals surface area contributed by atoms with E-state index in [0.29, 0.717) is 12.1 Å². The topological polar surface area (TPSA) is 77.5 Å². The molecule has 1 amide bonds. The van der Waals surface area contributed by atoms with Gasteiger partial charge < -0.3 is 14.8 Å². The largest absolute Gasteiger partial charge is 0.460 e. The third kappa shape index (κ3) is 6.80. The van der Waals surface area contributed by atoms with Gasteiger partial charge in [-0.05, 0) is 57.4 Å². The standard InChI is InChI=1S/C26H30N2O4/c1-18-16-23(27-21-13-9-8-12-20(18)21)22(14-15-24(29)32-26(2,3)4)28-25(30)31-17-19-10-6-5-7-11-19/h5-13,16,22H,14-15,17H2,1-4H3,(H,28,30). The molecular formula is C26H30N2O4. The van der Waals surface area contributed by atoms with Crippen molar-refractivity contribution in [3.8, 4) is 0 Å². The molecule has 2 aromatic carbocycles. The summed E-state index contributed by atoms with van der Waals surface area (Å²) in [5.74, 6) is -0.320. The number of aryl methyl sites for hydroxylation is 1. The van der Waals surface area contributed by atoms with Crippen LogP contribution in [0.2, 0.25) is 0 Å². The van der Waals surface area contributed by atoms with Gasteiger partial charge in [-0.1, -0.05) is 48.5 Å². The van der Waals surface area contributed by atoms with E-state index >= 15 is 0 Å². The van der Waals surface area contributed by atoms with Gasteiger partial charge in [0.1, 0.15) is 12.2 Å². The first-order valence-corrected chi connectivity index (χ1v) is 10.8. The Labute approximate surface area is 189 Å². The lowest BCUT2D eigenvalue weighted by Crippen LogP contribution is -2.31. The van der Waals surface area contributed by atoms with E-state index < -0.39 is 17.7 Å². The van der Waals surface area contributed by atoms with Crippen LogP contribution in [0.15, 0.2) is 60.7 Å². The second kappa shape index (κ2) is 10.3. The minimum Gasteiger partial charge on any atom is -0.460 e. The van der Waals surface area contributed by atoms with Crippen LogP contribution in [-0.2, 0) is 20.9 Å². The Morgan fingerprint density at radius 2 is 1.72 bits per heavy atom. The highest BCUT2D eigenvalue weighted by atomic mass is 16.6. The molecular weight excluding hydrogens is 404 g/mol. The number of para-hydroxylation sites is 1. The monoisotopic (exact) mass is 434 g/mol. The summed E-state index contributed by atoms with van der Waals surface area (Å²) in [6.45, 7) is 7.66. The first-order valence-electron chi connectivity index (χ1n) is 10.8. The molecule has 3 rings (SSSR count). The fourth-order valence-electron chi connectivity index (χ4n) is 3.41. The summed E-state index contributed by atoms with van der Waals surface area (Å²) in [6, 6.07) is 18.8. The molecule has 0 fully saturated rings. The van der Waals surface area contributed by atoms with Gasteiger partial charge >= 0.3 is 12.1 Å². The zero-order valence-corrected chi connectivity index (χ0v) is 19.1. The number of alkyl carbamates (subject to hydrolysis) is 1. The molecule has 1 atom stereocenters. The lowest BCUT2D eigenvalue weighted by atomic mass is 10.0. The number of nitrogens with one attached hydrogen (secondary N) is 1. The SMILES string of the molecule is Cc1cc(C(CCC(=O)OC(C)(C)C)NC(=O)OCc2ccccc2)nc2ccccc12. The van der Waals surface area contributed by atoms with E-state index in [-0.39, 0.29) is 19.0 Å². The molecule has 1 heterocycles. The molecule has 1 aromatic heterocycles. The lowest BCUT2D eigenvalue weighted by Gasteiger charge is -2.22. The molecule has 0 aliphatic carbocycles. The fourth-order valence-corrected chi connectivity index (χ4v) is 3.41. The average molecular weight is 435 g/mol. The summed E-state index contributed by atoms with van der Waals surface area (Å²) >= 11 is 0. The Morgan fingerprint density at radius 3 is 2.44 bits per heavy atom. The Balaban J connectivity index is 1.76. The molecule has 0 radical (unpaired) electrons. The highest BCUT2D eigenvalue weighted by molar-refractivity contribution is 5.82. The molecule has 0 aliphatic heterocycles. The van der Waals surface area contributed by atoms with Crippen LogP contribution in [0.1, 0.15) is 56.5 Å². The molecule has 6 nitrogen and oxygen atoms in total. The minimum absolute atomic E-state index is 0.147. The van der Waals surface area contributed by atoms with E-state index in [0.717, 1.165) is 22.0 Å². The normalized spacial score (nSPS) is 12.2. The van der Waals surface area contributed by atoms with Crippen molar-refractivity contribution >= 4 is 23.0 Å². The van der Waals surface area contributed by atoms with Crippen molar-refractivity contribution in [2.24, 2.45) is 0 Å². The minimum atomic E-state index is -0.563. The molecule has 32 heavy (non-hydrogen) atoms. The van der Waals surface area contributed by atoms with E-state index in [4.69, 9.17) is 14.5 Å². The maximum Gasteiger partial charge on any atom is 0.408 e. The summed E-state index contributed by atoms with van der Waals surface area (Å²) in [6.07, 6.45) is -0.0650.